The van der Waals surface area contributed by atoms with Crippen LogP contribution in [0.25, 0.3) is 11.0 Å². The number of ether oxygens (including phenoxy) is 1. The third-order valence-electron chi connectivity index (χ3n) is 3.11. The standard InChI is InChI=1S/C16H13F2NO2/c17-11-5-10(6-12(18)7-11)9-20-16-13-3-1-2-4-14(13)21-15(16)8-19/h1-7H,8-9,19H2. The van der Waals surface area contributed by atoms with Crippen LogP contribution in [0.4, 0.5) is 8.78 Å². The van der Waals surface area contributed by atoms with Crippen LogP contribution in [-0.4, -0.2) is 0 Å². The number of hydrogen-bond acceptors (Lipinski definition) is 3. The number of fused-ring (bicyclic) bond motifs is 1. The van der Waals surface area contributed by atoms with Gasteiger partial charge in [-0.15, -0.1) is 0 Å². The molecule has 3 nitrogen and oxygen atoms in total. The van der Waals surface area contributed by atoms with E-state index in [1.165, 1.54) is 12.1 Å². The van der Waals surface area contributed by atoms with Crippen LogP contribution in [0.15, 0.2) is 46.9 Å². The lowest BCUT2D eigenvalue weighted by Gasteiger charge is -2.06. The highest BCUT2D eigenvalue weighted by molar-refractivity contribution is 5.85. The molecule has 2 aromatic carbocycles. The van der Waals surface area contributed by atoms with Crippen molar-refractivity contribution < 1.29 is 17.9 Å². The Morgan fingerprint density at radius 2 is 1.76 bits per heavy atom. The Balaban J connectivity index is 1.90. The van der Waals surface area contributed by atoms with E-state index in [2.05, 4.69) is 0 Å². The lowest BCUT2D eigenvalue weighted by atomic mass is 10.2. The number of halogens is 2. The SMILES string of the molecule is NCc1oc2ccccc2c1OCc1cc(F)cc(F)c1. The summed E-state index contributed by atoms with van der Waals surface area (Å²) in [6.07, 6.45) is 0. The van der Waals surface area contributed by atoms with Crippen LogP contribution in [-0.2, 0) is 13.2 Å². The summed E-state index contributed by atoms with van der Waals surface area (Å²) in [5.41, 5.74) is 6.71. The molecule has 0 atom stereocenters. The molecule has 0 fully saturated rings. The summed E-state index contributed by atoms with van der Waals surface area (Å²) in [6.45, 7) is 0.215. The summed E-state index contributed by atoms with van der Waals surface area (Å²) in [6, 6.07) is 10.6. The Bertz CT molecular complexity index is 763. The minimum atomic E-state index is -0.635. The van der Waals surface area contributed by atoms with E-state index in [0.29, 0.717) is 22.7 Å². The van der Waals surface area contributed by atoms with E-state index in [1.54, 1.807) is 0 Å². The van der Waals surface area contributed by atoms with Gasteiger partial charge in [-0.25, -0.2) is 8.78 Å². The molecule has 0 amide bonds. The van der Waals surface area contributed by atoms with E-state index in [-0.39, 0.29) is 13.2 Å². The first-order chi connectivity index (χ1) is 10.2. The Kier molecular flexibility index (Phi) is 3.58. The Morgan fingerprint density at radius 1 is 1.05 bits per heavy atom. The number of benzene rings is 2. The normalized spacial score (nSPS) is 11.0. The van der Waals surface area contributed by atoms with E-state index < -0.39 is 11.6 Å². The van der Waals surface area contributed by atoms with Crippen molar-refractivity contribution in [2.75, 3.05) is 0 Å². The summed E-state index contributed by atoms with van der Waals surface area (Å²) in [5, 5.41) is 0.787. The van der Waals surface area contributed by atoms with Crippen molar-refractivity contribution in [2.45, 2.75) is 13.2 Å². The van der Waals surface area contributed by atoms with Gasteiger partial charge in [-0.3, -0.25) is 0 Å². The van der Waals surface area contributed by atoms with Crippen LogP contribution < -0.4 is 10.5 Å². The van der Waals surface area contributed by atoms with Crippen LogP contribution >= 0.6 is 0 Å². The molecule has 0 spiro atoms. The Labute approximate surface area is 119 Å². The van der Waals surface area contributed by atoms with E-state index >= 15 is 0 Å². The van der Waals surface area contributed by atoms with E-state index in [1.807, 2.05) is 24.3 Å². The first-order valence-electron chi connectivity index (χ1n) is 6.45. The van der Waals surface area contributed by atoms with Gasteiger partial charge in [-0.1, -0.05) is 12.1 Å². The van der Waals surface area contributed by atoms with Crippen molar-refractivity contribution in [3.63, 3.8) is 0 Å². The fourth-order valence-corrected chi connectivity index (χ4v) is 2.21. The second-order valence-corrected chi connectivity index (χ2v) is 4.62. The van der Waals surface area contributed by atoms with Gasteiger partial charge in [0.15, 0.2) is 11.5 Å². The van der Waals surface area contributed by atoms with Crippen molar-refractivity contribution in [2.24, 2.45) is 5.73 Å². The number of nitrogens with two attached hydrogens (primary N) is 1. The van der Waals surface area contributed by atoms with Gasteiger partial charge in [0, 0.05) is 6.07 Å². The van der Waals surface area contributed by atoms with Crippen LogP contribution in [0.1, 0.15) is 11.3 Å². The molecule has 0 radical (unpaired) electrons. The molecule has 0 bridgehead atoms. The summed E-state index contributed by atoms with van der Waals surface area (Å²) in [5.74, 6) is -0.250. The van der Waals surface area contributed by atoms with Crippen molar-refractivity contribution >= 4 is 11.0 Å². The minimum absolute atomic E-state index is 0.0329. The number of furan rings is 1. The second-order valence-electron chi connectivity index (χ2n) is 4.62. The zero-order valence-electron chi connectivity index (χ0n) is 11.1. The van der Waals surface area contributed by atoms with Crippen molar-refractivity contribution in [1.29, 1.82) is 0 Å². The molecule has 21 heavy (non-hydrogen) atoms. The number of hydrogen-bond donors (Lipinski definition) is 1. The first kappa shape index (κ1) is 13.6. The first-order valence-corrected chi connectivity index (χ1v) is 6.45. The molecule has 3 rings (SSSR count). The van der Waals surface area contributed by atoms with Crippen molar-refractivity contribution in [3.05, 3.63) is 65.4 Å². The third kappa shape index (κ3) is 2.73. The quantitative estimate of drug-likeness (QED) is 0.795. The number of para-hydroxylation sites is 1. The summed E-state index contributed by atoms with van der Waals surface area (Å²) in [7, 11) is 0. The minimum Gasteiger partial charge on any atom is -0.485 e. The van der Waals surface area contributed by atoms with Gasteiger partial charge in [0.1, 0.15) is 23.8 Å². The molecule has 1 heterocycles. The molecule has 0 aliphatic heterocycles. The van der Waals surface area contributed by atoms with Crippen LogP contribution in [0.3, 0.4) is 0 Å². The lowest BCUT2D eigenvalue weighted by molar-refractivity contribution is 0.298. The monoisotopic (exact) mass is 289 g/mol. The molecule has 0 aliphatic carbocycles. The van der Waals surface area contributed by atoms with Crippen molar-refractivity contribution in [1.82, 2.24) is 0 Å². The fraction of sp³-hybridized carbons (Fsp3) is 0.125. The van der Waals surface area contributed by atoms with Crippen LogP contribution in [0, 0.1) is 11.6 Å². The van der Waals surface area contributed by atoms with Crippen LogP contribution in [0.2, 0.25) is 0 Å². The summed E-state index contributed by atoms with van der Waals surface area (Å²) in [4.78, 5) is 0. The smallest absolute Gasteiger partial charge is 0.170 e. The van der Waals surface area contributed by atoms with Gasteiger partial charge in [0.05, 0.1) is 11.9 Å². The highest BCUT2D eigenvalue weighted by atomic mass is 19.1. The highest BCUT2D eigenvalue weighted by Crippen LogP contribution is 2.33. The zero-order valence-corrected chi connectivity index (χ0v) is 11.1. The van der Waals surface area contributed by atoms with Gasteiger partial charge < -0.3 is 14.9 Å². The van der Waals surface area contributed by atoms with Gasteiger partial charge in [-0.05, 0) is 29.8 Å². The topological polar surface area (TPSA) is 48.4 Å². The zero-order chi connectivity index (χ0) is 14.8. The molecular weight excluding hydrogens is 276 g/mol. The Hall–Kier alpha value is -2.40. The van der Waals surface area contributed by atoms with Gasteiger partial charge >= 0.3 is 0 Å². The second kappa shape index (κ2) is 5.54. The average molecular weight is 289 g/mol. The van der Waals surface area contributed by atoms with Crippen molar-refractivity contribution in [3.8, 4) is 5.75 Å². The molecule has 0 unspecified atom stereocenters. The van der Waals surface area contributed by atoms with Crippen LogP contribution in [0.5, 0.6) is 5.75 Å². The molecule has 0 aliphatic rings. The maximum absolute atomic E-state index is 13.2. The Morgan fingerprint density at radius 3 is 2.48 bits per heavy atom. The molecular formula is C16H13F2NO2. The molecule has 108 valence electrons. The van der Waals surface area contributed by atoms with Gasteiger partial charge in [-0.2, -0.15) is 0 Å². The predicted molar refractivity (Wildman–Crippen MR) is 74.8 cm³/mol. The highest BCUT2D eigenvalue weighted by Gasteiger charge is 2.14. The third-order valence-corrected chi connectivity index (χ3v) is 3.11. The van der Waals surface area contributed by atoms with Gasteiger partial charge in [0.2, 0.25) is 0 Å². The summed E-state index contributed by atoms with van der Waals surface area (Å²) >= 11 is 0. The predicted octanol–water partition coefficient (Wildman–Crippen LogP) is 3.75. The molecule has 1 aromatic heterocycles. The summed E-state index contributed by atoms with van der Waals surface area (Å²) < 4.78 is 37.6. The molecule has 0 saturated heterocycles. The maximum Gasteiger partial charge on any atom is 0.170 e. The average Bonchev–Trinajstić information content (AvgIpc) is 2.82. The lowest BCUT2D eigenvalue weighted by Crippen LogP contribution is -2.01. The van der Waals surface area contributed by atoms with E-state index in [0.717, 1.165) is 11.5 Å². The molecule has 0 saturated carbocycles. The largest absolute Gasteiger partial charge is 0.485 e. The molecule has 3 aromatic rings. The maximum atomic E-state index is 13.2. The molecule has 5 heteroatoms. The number of rotatable bonds is 4. The van der Waals surface area contributed by atoms with E-state index in [4.69, 9.17) is 14.9 Å². The fourth-order valence-electron chi connectivity index (χ4n) is 2.21. The van der Waals surface area contributed by atoms with Gasteiger partial charge in [0.25, 0.3) is 0 Å². The van der Waals surface area contributed by atoms with E-state index in [9.17, 15) is 8.78 Å². The molecule has 2 N–H and O–H groups in total.